The summed E-state index contributed by atoms with van der Waals surface area (Å²) in [5.41, 5.74) is 1.19. The third-order valence-corrected chi connectivity index (χ3v) is 2.08. The van der Waals surface area contributed by atoms with Gasteiger partial charge in [0, 0.05) is 19.2 Å². The average molecular weight is 222 g/mol. The number of aromatic nitrogens is 1. The Hall–Kier alpha value is -1.91. The maximum Gasteiger partial charge on any atom is 0.303 e. The molecule has 1 amide bonds. The van der Waals surface area contributed by atoms with Crippen LogP contribution in [0, 0.1) is 6.92 Å². The molecule has 1 heterocycles. The summed E-state index contributed by atoms with van der Waals surface area (Å²) in [4.78, 5) is 25.8. The normalized spacial score (nSPS) is 9.81. The minimum atomic E-state index is -0.858. The summed E-state index contributed by atoms with van der Waals surface area (Å²) in [5.74, 6) is -1.12. The molecule has 0 saturated heterocycles. The van der Waals surface area contributed by atoms with E-state index in [4.69, 9.17) is 5.11 Å². The molecule has 0 radical (unpaired) electrons. The molecule has 0 fully saturated rings. The summed E-state index contributed by atoms with van der Waals surface area (Å²) in [6.07, 6.45) is 2.04. The first-order chi connectivity index (χ1) is 7.61. The molecule has 1 rings (SSSR count). The van der Waals surface area contributed by atoms with Crippen LogP contribution in [0.5, 0.6) is 0 Å². The summed E-state index contributed by atoms with van der Waals surface area (Å²) >= 11 is 0. The Labute approximate surface area is 93.5 Å². The van der Waals surface area contributed by atoms with Crippen molar-refractivity contribution in [2.24, 2.45) is 0 Å². The number of rotatable bonds is 5. The summed E-state index contributed by atoms with van der Waals surface area (Å²) < 4.78 is 0. The van der Waals surface area contributed by atoms with Crippen LogP contribution in [0.15, 0.2) is 18.3 Å². The van der Waals surface area contributed by atoms with E-state index in [-0.39, 0.29) is 12.3 Å². The Morgan fingerprint density at radius 1 is 1.50 bits per heavy atom. The molecule has 1 aromatic rings. The second kappa shape index (κ2) is 5.85. The largest absolute Gasteiger partial charge is 0.481 e. The van der Waals surface area contributed by atoms with Gasteiger partial charge in [-0.1, -0.05) is 6.07 Å². The monoisotopic (exact) mass is 222 g/mol. The molecule has 16 heavy (non-hydrogen) atoms. The molecule has 0 aliphatic heterocycles. The molecule has 0 spiro atoms. The quantitative estimate of drug-likeness (QED) is 0.728. The zero-order valence-electron chi connectivity index (χ0n) is 9.06. The lowest BCUT2D eigenvalue weighted by atomic mass is 10.2. The molecule has 0 unspecified atom stereocenters. The molecule has 86 valence electrons. The third-order valence-electron chi connectivity index (χ3n) is 2.08. The second-order valence-electron chi connectivity index (χ2n) is 3.42. The number of pyridine rings is 1. The number of carbonyl (C=O) groups excluding carboxylic acids is 1. The van der Waals surface area contributed by atoms with Gasteiger partial charge in [0.25, 0.3) is 5.91 Å². The van der Waals surface area contributed by atoms with Crippen LogP contribution in [0.2, 0.25) is 0 Å². The lowest BCUT2D eigenvalue weighted by molar-refractivity contribution is -0.137. The number of carboxylic acids is 1. The van der Waals surface area contributed by atoms with E-state index in [0.717, 1.165) is 5.56 Å². The van der Waals surface area contributed by atoms with Crippen LogP contribution < -0.4 is 5.32 Å². The highest BCUT2D eigenvalue weighted by Gasteiger charge is 2.08. The fraction of sp³-hybridized carbons (Fsp3) is 0.364. The fourth-order valence-corrected chi connectivity index (χ4v) is 1.25. The van der Waals surface area contributed by atoms with Gasteiger partial charge in [-0.2, -0.15) is 0 Å². The van der Waals surface area contributed by atoms with Crippen LogP contribution in [-0.4, -0.2) is 28.5 Å². The van der Waals surface area contributed by atoms with Crippen molar-refractivity contribution in [2.75, 3.05) is 6.54 Å². The molecule has 0 aliphatic carbocycles. The maximum atomic E-state index is 11.6. The summed E-state index contributed by atoms with van der Waals surface area (Å²) in [6.45, 7) is 2.15. The van der Waals surface area contributed by atoms with Gasteiger partial charge in [-0.25, -0.2) is 0 Å². The Morgan fingerprint density at radius 3 is 2.88 bits per heavy atom. The number of hydrogen-bond acceptors (Lipinski definition) is 3. The molecule has 0 aromatic carbocycles. The Kier molecular flexibility index (Phi) is 4.44. The molecule has 0 bridgehead atoms. The molecule has 0 saturated carbocycles. The molecule has 5 nitrogen and oxygen atoms in total. The highest BCUT2D eigenvalue weighted by atomic mass is 16.4. The zero-order valence-corrected chi connectivity index (χ0v) is 9.06. The van der Waals surface area contributed by atoms with Crippen molar-refractivity contribution in [3.63, 3.8) is 0 Å². The van der Waals surface area contributed by atoms with Gasteiger partial charge in [0.05, 0.1) is 0 Å². The highest BCUT2D eigenvalue weighted by molar-refractivity contribution is 5.93. The highest BCUT2D eigenvalue weighted by Crippen LogP contribution is 2.02. The second-order valence-corrected chi connectivity index (χ2v) is 3.42. The first-order valence-corrected chi connectivity index (χ1v) is 5.03. The van der Waals surface area contributed by atoms with Crippen molar-refractivity contribution in [3.8, 4) is 0 Å². The van der Waals surface area contributed by atoms with Crippen molar-refractivity contribution in [2.45, 2.75) is 19.8 Å². The number of nitrogens with zero attached hydrogens (tertiary/aromatic N) is 1. The Morgan fingerprint density at radius 2 is 2.25 bits per heavy atom. The number of carbonyl (C=O) groups is 2. The molecular formula is C11H14N2O3. The van der Waals surface area contributed by atoms with Crippen LogP contribution >= 0.6 is 0 Å². The van der Waals surface area contributed by atoms with Gasteiger partial charge >= 0.3 is 5.97 Å². The summed E-state index contributed by atoms with van der Waals surface area (Å²) in [5, 5.41) is 11.0. The minimum Gasteiger partial charge on any atom is -0.481 e. The van der Waals surface area contributed by atoms with Gasteiger partial charge in [0.1, 0.15) is 5.69 Å². The van der Waals surface area contributed by atoms with E-state index >= 15 is 0 Å². The van der Waals surface area contributed by atoms with E-state index in [0.29, 0.717) is 18.7 Å². The lowest BCUT2D eigenvalue weighted by Crippen LogP contribution is -2.26. The predicted molar refractivity (Wildman–Crippen MR) is 58.2 cm³/mol. The number of nitrogens with one attached hydrogen (secondary N) is 1. The van der Waals surface area contributed by atoms with E-state index < -0.39 is 5.97 Å². The number of carboxylic acid groups (broad SMARTS) is 1. The van der Waals surface area contributed by atoms with Gasteiger partial charge in [-0.3, -0.25) is 14.6 Å². The van der Waals surface area contributed by atoms with Crippen molar-refractivity contribution < 1.29 is 14.7 Å². The van der Waals surface area contributed by atoms with E-state index in [1.54, 1.807) is 25.3 Å². The topological polar surface area (TPSA) is 79.3 Å². The number of aliphatic carboxylic acids is 1. The van der Waals surface area contributed by atoms with E-state index in [1.165, 1.54) is 0 Å². The van der Waals surface area contributed by atoms with Crippen LogP contribution in [0.1, 0.15) is 28.9 Å². The molecule has 0 atom stereocenters. The van der Waals surface area contributed by atoms with E-state index in [9.17, 15) is 9.59 Å². The minimum absolute atomic E-state index is 0.0570. The lowest BCUT2D eigenvalue weighted by Gasteiger charge is -2.05. The van der Waals surface area contributed by atoms with E-state index in [2.05, 4.69) is 10.3 Å². The van der Waals surface area contributed by atoms with Gasteiger partial charge in [0.15, 0.2) is 0 Å². The van der Waals surface area contributed by atoms with Crippen LogP contribution in [-0.2, 0) is 4.79 Å². The van der Waals surface area contributed by atoms with E-state index in [1.807, 2.05) is 0 Å². The smallest absolute Gasteiger partial charge is 0.303 e. The molecule has 0 aliphatic rings. The fourth-order valence-electron chi connectivity index (χ4n) is 1.25. The Bertz CT molecular complexity index is 391. The zero-order chi connectivity index (χ0) is 12.0. The molecule has 2 N–H and O–H groups in total. The standard InChI is InChI=1S/C11H14N2O3/c1-8-4-2-6-12-10(8)11(16)13-7-3-5-9(14)15/h2,4,6H,3,5,7H2,1H3,(H,13,16)(H,14,15). The maximum absolute atomic E-state index is 11.6. The van der Waals surface area contributed by atoms with Crippen LogP contribution in [0.3, 0.4) is 0 Å². The van der Waals surface area contributed by atoms with Crippen molar-refractivity contribution >= 4 is 11.9 Å². The summed E-state index contributed by atoms with van der Waals surface area (Å²) in [6, 6.07) is 3.57. The van der Waals surface area contributed by atoms with Crippen molar-refractivity contribution in [1.82, 2.24) is 10.3 Å². The Balaban J connectivity index is 2.41. The number of hydrogen-bond donors (Lipinski definition) is 2. The van der Waals surface area contributed by atoms with Gasteiger partial charge in [-0.05, 0) is 25.0 Å². The molecule has 5 heteroatoms. The first-order valence-electron chi connectivity index (χ1n) is 5.03. The number of aryl methyl sites for hydroxylation is 1. The average Bonchev–Trinajstić information content (AvgIpc) is 2.24. The SMILES string of the molecule is Cc1cccnc1C(=O)NCCCC(=O)O. The van der Waals surface area contributed by atoms with Gasteiger partial charge in [0.2, 0.25) is 0 Å². The predicted octanol–water partition coefficient (Wildman–Crippen LogP) is 0.985. The van der Waals surface area contributed by atoms with Gasteiger partial charge in [-0.15, -0.1) is 0 Å². The van der Waals surface area contributed by atoms with Crippen molar-refractivity contribution in [1.29, 1.82) is 0 Å². The third kappa shape index (κ3) is 3.68. The number of amides is 1. The molecule has 1 aromatic heterocycles. The summed E-state index contributed by atoms with van der Waals surface area (Å²) in [7, 11) is 0. The van der Waals surface area contributed by atoms with Crippen molar-refractivity contribution in [3.05, 3.63) is 29.6 Å². The first kappa shape index (κ1) is 12.2. The van der Waals surface area contributed by atoms with Crippen LogP contribution in [0.4, 0.5) is 0 Å². The van der Waals surface area contributed by atoms with Gasteiger partial charge < -0.3 is 10.4 Å². The molecular weight excluding hydrogens is 208 g/mol. The van der Waals surface area contributed by atoms with Crippen LogP contribution in [0.25, 0.3) is 0 Å².